The maximum atomic E-state index is 13.2. The minimum atomic E-state index is -0.352. The lowest BCUT2D eigenvalue weighted by atomic mass is 10.1. The van der Waals surface area contributed by atoms with Crippen LogP contribution in [0, 0.1) is 5.82 Å². The van der Waals surface area contributed by atoms with Crippen LogP contribution in [0.1, 0.15) is 0 Å². The number of nitrogens with zero attached hydrogens (tertiary/aromatic N) is 1. The lowest BCUT2D eigenvalue weighted by Gasteiger charge is -2.05. The molecule has 3 nitrogen and oxygen atoms in total. The standard InChI is InChI=1S/C14H9BrFNO2/c1-18-12-7-8(16)5-6-9(12)13-10-3-2-4-11(15)14(10)19-17-13/h2-7H,1H3. The number of benzene rings is 2. The monoisotopic (exact) mass is 321 g/mol. The smallest absolute Gasteiger partial charge is 0.181 e. The van der Waals surface area contributed by atoms with E-state index in [1.807, 2.05) is 18.2 Å². The molecule has 0 saturated carbocycles. The number of fused-ring (bicyclic) bond motifs is 1. The van der Waals surface area contributed by atoms with Gasteiger partial charge in [0, 0.05) is 11.6 Å². The maximum absolute atomic E-state index is 13.2. The van der Waals surface area contributed by atoms with Crippen LogP contribution in [0.5, 0.6) is 5.75 Å². The molecule has 0 atom stereocenters. The van der Waals surface area contributed by atoms with Gasteiger partial charge in [-0.1, -0.05) is 11.2 Å². The van der Waals surface area contributed by atoms with Crippen molar-refractivity contribution in [1.29, 1.82) is 0 Å². The van der Waals surface area contributed by atoms with Gasteiger partial charge in [0.15, 0.2) is 5.58 Å². The lowest BCUT2D eigenvalue weighted by Crippen LogP contribution is -1.89. The first-order valence-corrected chi connectivity index (χ1v) is 6.38. The number of hydrogen-bond donors (Lipinski definition) is 0. The van der Waals surface area contributed by atoms with Crippen LogP contribution < -0.4 is 4.74 Å². The van der Waals surface area contributed by atoms with Crippen LogP contribution in [0.15, 0.2) is 45.4 Å². The van der Waals surface area contributed by atoms with Gasteiger partial charge in [0.05, 0.1) is 17.0 Å². The zero-order chi connectivity index (χ0) is 13.4. The van der Waals surface area contributed by atoms with E-state index in [2.05, 4.69) is 21.1 Å². The molecule has 0 saturated heterocycles. The fourth-order valence-corrected chi connectivity index (χ4v) is 2.42. The Bertz CT molecular complexity index is 754. The summed E-state index contributed by atoms with van der Waals surface area (Å²) in [6.07, 6.45) is 0. The van der Waals surface area contributed by atoms with Crippen molar-refractivity contribution in [2.24, 2.45) is 0 Å². The fourth-order valence-electron chi connectivity index (χ4n) is 1.98. The molecule has 0 N–H and O–H groups in total. The second-order valence-corrected chi connectivity index (χ2v) is 4.85. The molecule has 0 spiro atoms. The summed E-state index contributed by atoms with van der Waals surface area (Å²) in [6.45, 7) is 0. The minimum Gasteiger partial charge on any atom is -0.496 e. The molecule has 0 fully saturated rings. The van der Waals surface area contributed by atoms with Gasteiger partial charge < -0.3 is 9.26 Å². The van der Waals surface area contributed by atoms with E-state index < -0.39 is 0 Å². The number of aromatic nitrogens is 1. The van der Waals surface area contributed by atoms with Crippen LogP contribution in [0.4, 0.5) is 4.39 Å². The van der Waals surface area contributed by atoms with Gasteiger partial charge >= 0.3 is 0 Å². The molecule has 2 aromatic carbocycles. The minimum absolute atomic E-state index is 0.352. The van der Waals surface area contributed by atoms with Crippen LogP contribution in [0.25, 0.3) is 22.2 Å². The van der Waals surface area contributed by atoms with Crippen molar-refractivity contribution in [1.82, 2.24) is 5.16 Å². The molecule has 5 heteroatoms. The Balaban J connectivity index is 2.28. The molecule has 0 radical (unpaired) electrons. The first kappa shape index (κ1) is 12.2. The van der Waals surface area contributed by atoms with E-state index in [-0.39, 0.29) is 5.82 Å². The van der Waals surface area contributed by atoms with Gasteiger partial charge in [0.2, 0.25) is 0 Å². The summed E-state index contributed by atoms with van der Waals surface area (Å²) in [6, 6.07) is 9.99. The number of halogens is 2. The molecule has 0 bridgehead atoms. The third-order valence-corrected chi connectivity index (χ3v) is 3.49. The SMILES string of the molecule is COc1cc(F)ccc1-c1noc2c(Br)cccc12. The Hall–Kier alpha value is -1.88. The zero-order valence-corrected chi connectivity index (χ0v) is 11.6. The predicted molar refractivity (Wildman–Crippen MR) is 73.7 cm³/mol. The largest absolute Gasteiger partial charge is 0.496 e. The Kier molecular flexibility index (Phi) is 2.98. The van der Waals surface area contributed by atoms with Crippen LogP contribution in [-0.2, 0) is 0 Å². The number of ether oxygens (including phenoxy) is 1. The number of para-hydroxylation sites is 1. The first-order chi connectivity index (χ1) is 9.20. The van der Waals surface area contributed by atoms with Crippen molar-refractivity contribution < 1.29 is 13.7 Å². The Morgan fingerprint density at radius 3 is 2.89 bits per heavy atom. The second kappa shape index (κ2) is 4.66. The van der Waals surface area contributed by atoms with Crippen molar-refractivity contribution in [3.05, 3.63) is 46.7 Å². The fraction of sp³-hybridized carbons (Fsp3) is 0.0714. The molecule has 0 aliphatic rings. The van der Waals surface area contributed by atoms with E-state index >= 15 is 0 Å². The number of methoxy groups -OCH3 is 1. The van der Waals surface area contributed by atoms with Gasteiger partial charge in [-0.3, -0.25) is 0 Å². The Morgan fingerprint density at radius 2 is 2.11 bits per heavy atom. The average Bonchev–Trinajstić information content (AvgIpc) is 2.84. The predicted octanol–water partition coefficient (Wildman–Crippen LogP) is 4.41. The summed E-state index contributed by atoms with van der Waals surface area (Å²) in [4.78, 5) is 0. The van der Waals surface area contributed by atoms with Crippen molar-refractivity contribution >= 4 is 26.9 Å². The summed E-state index contributed by atoms with van der Waals surface area (Å²) in [5.74, 6) is 0.0738. The molecule has 0 aliphatic carbocycles. The van der Waals surface area contributed by atoms with Gasteiger partial charge in [-0.2, -0.15) is 0 Å². The highest BCUT2D eigenvalue weighted by Crippen LogP contribution is 2.36. The van der Waals surface area contributed by atoms with E-state index in [0.717, 1.165) is 9.86 Å². The second-order valence-electron chi connectivity index (χ2n) is 3.99. The summed E-state index contributed by atoms with van der Waals surface area (Å²) in [7, 11) is 1.50. The van der Waals surface area contributed by atoms with Crippen molar-refractivity contribution in [3.63, 3.8) is 0 Å². The van der Waals surface area contributed by atoms with Crippen molar-refractivity contribution in [3.8, 4) is 17.0 Å². The van der Waals surface area contributed by atoms with Crippen molar-refractivity contribution in [2.75, 3.05) is 7.11 Å². The van der Waals surface area contributed by atoms with Gasteiger partial charge in [-0.15, -0.1) is 0 Å². The summed E-state index contributed by atoms with van der Waals surface area (Å²) in [5, 5.41) is 4.90. The number of rotatable bonds is 2. The normalized spacial score (nSPS) is 10.9. The summed E-state index contributed by atoms with van der Waals surface area (Å²) < 4.78 is 24.6. The molecular formula is C14H9BrFNO2. The van der Waals surface area contributed by atoms with E-state index in [1.165, 1.54) is 19.2 Å². The Morgan fingerprint density at radius 1 is 1.26 bits per heavy atom. The van der Waals surface area contributed by atoms with Gasteiger partial charge in [-0.25, -0.2) is 4.39 Å². The third-order valence-electron chi connectivity index (χ3n) is 2.87. The van der Waals surface area contributed by atoms with E-state index in [0.29, 0.717) is 22.6 Å². The topological polar surface area (TPSA) is 35.3 Å². The molecule has 19 heavy (non-hydrogen) atoms. The van der Waals surface area contributed by atoms with E-state index in [9.17, 15) is 4.39 Å². The molecule has 3 aromatic rings. The molecule has 0 unspecified atom stereocenters. The summed E-state index contributed by atoms with van der Waals surface area (Å²) >= 11 is 3.40. The third kappa shape index (κ3) is 2.00. The Labute approximate surface area is 117 Å². The molecule has 3 rings (SSSR count). The lowest BCUT2D eigenvalue weighted by molar-refractivity contribution is 0.411. The molecule has 1 heterocycles. The van der Waals surface area contributed by atoms with Crippen LogP contribution >= 0.6 is 15.9 Å². The molecule has 0 amide bonds. The van der Waals surface area contributed by atoms with E-state index in [4.69, 9.17) is 9.26 Å². The highest BCUT2D eigenvalue weighted by molar-refractivity contribution is 9.10. The highest BCUT2D eigenvalue weighted by atomic mass is 79.9. The van der Waals surface area contributed by atoms with Gasteiger partial charge in [0.1, 0.15) is 17.3 Å². The average molecular weight is 322 g/mol. The van der Waals surface area contributed by atoms with Crippen molar-refractivity contribution in [2.45, 2.75) is 0 Å². The number of hydrogen-bond acceptors (Lipinski definition) is 3. The summed E-state index contributed by atoms with van der Waals surface area (Å²) in [5.41, 5.74) is 1.98. The van der Waals surface area contributed by atoms with Crippen LogP contribution in [0.2, 0.25) is 0 Å². The molecule has 0 aliphatic heterocycles. The molecular weight excluding hydrogens is 313 g/mol. The van der Waals surface area contributed by atoms with Gasteiger partial charge in [-0.05, 0) is 40.2 Å². The zero-order valence-electron chi connectivity index (χ0n) is 9.98. The first-order valence-electron chi connectivity index (χ1n) is 5.58. The van der Waals surface area contributed by atoms with Crippen LogP contribution in [0.3, 0.4) is 0 Å². The van der Waals surface area contributed by atoms with Crippen LogP contribution in [-0.4, -0.2) is 12.3 Å². The molecule has 1 aromatic heterocycles. The quantitative estimate of drug-likeness (QED) is 0.701. The highest BCUT2D eigenvalue weighted by Gasteiger charge is 2.16. The van der Waals surface area contributed by atoms with Gasteiger partial charge in [0.25, 0.3) is 0 Å². The van der Waals surface area contributed by atoms with E-state index in [1.54, 1.807) is 6.07 Å². The maximum Gasteiger partial charge on any atom is 0.181 e. The molecule has 96 valence electrons.